The van der Waals surface area contributed by atoms with Gasteiger partial charge >= 0.3 is 0 Å². The number of rotatable bonds is 6. The fourth-order valence-corrected chi connectivity index (χ4v) is 3.47. The van der Waals surface area contributed by atoms with E-state index in [9.17, 15) is 0 Å². The van der Waals surface area contributed by atoms with E-state index >= 15 is 0 Å². The molecule has 3 heteroatoms. The van der Waals surface area contributed by atoms with Crippen LogP contribution in [0, 0.1) is 0 Å². The van der Waals surface area contributed by atoms with E-state index in [0.717, 1.165) is 12.6 Å². The van der Waals surface area contributed by atoms with E-state index in [0.29, 0.717) is 4.75 Å². The van der Waals surface area contributed by atoms with Gasteiger partial charge in [0, 0.05) is 23.1 Å². The predicted molar refractivity (Wildman–Crippen MR) is 80.0 cm³/mol. The van der Waals surface area contributed by atoms with Gasteiger partial charge in [0.15, 0.2) is 0 Å². The minimum atomic E-state index is 0.484. The first-order chi connectivity index (χ1) is 8.05. The molecule has 1 heterocycles. The Morgan fingerprint density at radius 3 is 2.82 bits per heavy atom. The first kappa shape index (κ1) is 15.3. The van der Waals surface area contributed by atoms with Crippen LogP contribution in [0.15, 0.2) is 0 Å². The van der Waals surface area contributed by atoms with Crippen LogP contribution in [-0.2, 0) is 0 Å². The topological polar surface area (TPSA) is 15.3 Å². The van der Waals surface area contributed by atoms with Gasteiger partial charge in [-0.25, -0.2) is 0 Å². The zero-order valence-electron chi connectivity index (χ0n) is 12.1. The van der Waals surface area contributed by atoms with Gasteiger partial charge in [-0.2, -0.15) is 11.8 Å². The van der Waals surface area contributed by atoms with Gasteiger partial charge in [0.2, 0.25) is 0 Å². The second-order valence-electron chi connectivity index (χ2n) is 5.74. The van der Waals surface area contributed by atoms with Gasteiger partial charge in [0.1, 0.15) is 0 Å². The summed E-state index contributed by atoms with van der Waals surface area (Å²) in [4.78, 5) is 2.69. The molecule has 1 unspecified atom stereocenters. The summed E-state index contributed by atoms with van der Waals surface area (Å²) in [6.07, 6.45) is 3.97. The fourth-order valence-electron chi connectivity index (χ4n) is 2.36. The Morgan fingerprint density at radius 2 is 2.12 bits per heavy atom. The summed E-state index contributed by atoms with van der Waals surface area (Å²) >= 11 is 2.14. The van der Waals surface area contributed by atoms with Crippen molar-refractivity contribution in [1.82, 2.24) is 10.2 Å². The van der Waals surface area contributed by atoms with E-state index < -0.39 is 0 Å². The summed E-state index contributed by atoms with van der Waals surface area (Å²) in [6, 6.07) is 0.753. The van der Waals surface area contributed by atoms with Crippen molar-refractivity contribution in [3.63, 3.8) is 0 Å². The summed E-state index contributed by atoms with van der Waals surface area (Å²) in [5, 5.41) is 3.41. The van der Waals surface area contributed by atoms with Crippen LogP contribution in [0.4, 0.5) is 0 Å². The molecular weight excluding hydrogens is 228 g/mol. The van der Waals surface area contributed by atoms with Crippen molar-refractivity contribution in [2.45, 2.75) is 57.7 Å². The Hall–Kier alpha value is 0.270. The van der Waals surface area contributed by atoms with Crippen LogP contribution in [0.25, 0.3) is 0 Å². The molecule has 0 aromatic carbocycles. The zero-order chi connectivity index (χ0) is 12.7. The van der Waals surface area contributed by atoms with Crippen molar-refractivity contribution < 1.29 is 0 Å². The van der Waals surface area contributed by atoms with Crippen LogP contribution < -0.4 is 5.32 Å². The van der Waals surface area contributed by atoms with Crippen LogP contribution in [0.5, 0.6) is 0 Å². The number of nitrogens with zero attached hydrogens (tertiary/aromatic N) is 1. The minimum absolute atomic E-state index is 0.484. The van der Waals surface area contributed by atoms with Gasteiger partial charge in [-0.1, -0.05) is 20.8 Å². The lowest BCUT2D eigenvalue weighted by Crippen LogP contribution is -2.36. The Labute approximate surface area is 112 Å². The second kappa shape index (κ2) is 7.65. The number of nitrogens with one attached hydrogen (secondary N) is 1. The van der Waals surface area contributed by atoms with Crippen LogP contribution in [-0.4, -0.2) is 47.6 Å². The Kier molecular flexibility index (Phi) is 6.90. The first-order valence-corrected chi connectivity index (χ1v) is 8.12. The molecule has 0 radical (unpaired) electrons. The Morgan fingerprint density at radius 1 is 1.35 bits per heavy atom. The third-order valence-corrected chi connectivity index (χ3v) is 5.09. The molecule has 0 amide bonds. The van der Waals surface area contributed by atoms with E-state index in [1.165, 1.54) is 44.6 Å². The van der Waals surface area contributed by atoms with Crippen molar-refractivity contribution in [2.24, 2.45) is 0 Å². The molecule has 0 spiro atoms. The molecule has 0 aromatic rings. The van der Waals surface area contributed by atoms with Crippen molar-refractivity contribution in [3.05, 3.63) is 0 Å². The average molecular weight is 258 g/mol. The summed E-state index contributed by atoms with van der Waals surface area (Å²) in [7, 11) is 0. The molecule has 2 nitrogen and oxygen atoms in total. The molecule has 1 saturated heterocycles. The van der Waals surface area contributed by atoms with Gasteiger partial charge in [0.05, 0.1) is 0 Å². The maximum absolute atomic E-state index is 3.41. The van der Waals surface area contributed by atoms with Crippen molar-refractivity contribution in [1.29, 1.82) is 0 Å². The van der Waals surface area contributed by atoms with E-state index in [1.54, 1.807) is 0 Å². The molecule has 1 aliphatic heterocycles. The summed E-state index contributed by atoms with van der Waals surface area (Å²) in [6.45, 7) is 14.2. The molecule has 1 fully saturated rings. The maximum atomic E-state index is 3.41. The SMILES string of the molecule is CCNCCCC(C)N1CCSC(C)(C)CC1. The highest BCUT2D eigenvalue weighted by Crippen LogP contribution is 2.31. The first-order valence-electron chi connectivity index (χ1n) is 7.14. The largest absolute Gasteiger partial charge is 0.317 e. The molecule has 1 atom stereocenters. The van der Waals surface area contributed by atoms with E-state index in [4.69, 9.17) is 0 Å². The minimum Gasteiger partial charge on any atom is -0.317 e. The van der Waals surface area contributed by atoms with Gasteiger partial charge in [0.25, 0.3) is 0 Å². The summed E-state index contributed by atoms with van der Waals surface area (Å²) < 4.78 is 0.484. The van der Waals surface area contributed by atoms with Crippen LogP contribution in [0.2, 0.25) is 0 Å². The Bertz CT molecular complexity index is 206. The van der Waals surface area contributed by atoms with Crippen molar-refractivity contribution in [2.75, 3.05) is 31.9 Å². The predicted octanol–water partition coefficient (Wildman–Crippen LogP) is 2.98. The van der Waals surface area contributed by atoms with Gasteiger partial charge in [-0.15, -0.1) is 0 Å². The van der Waals surface area contributed by atoms with E-state index in [2.05, 4.69) is 49.7 Å². The van der Waals surface area contributed by atoms with Crippen molar-refractivity contribution >= 4 is 11.8 Å². The lowest BCUT2D eigenvalue weighted by atomic mass is 10.1. The molecule has 17 heavy (non-hydrogen) atoms. The number of thioether (sulfide) groups is 1. The van der Waals surface area contributed by atoms with E-state index in [1.807, 2.05) is 0 Å². The molecular formula is C14H30N2S. The highest BCUT2D eigenvalue weighted by Gasteiger charge is 2.25. The smallest absolute Gasteiger partial charge is 0.0116 e. The van der Waals surface area contributed by atoms with Gasteiger partial charge < -0.3 is 5.32 Å². The van der Waals surface area contributed by atoms with Crippen LogP contribution in [0.3, 0.4) is 0 Å². The van der Waals surface area contributed by atoms with Crippen LogP contribution in [0.1, 0.15) is 47.0 Å². The van der Waals surface area contributed by atoms with E-state index in [-0.39, 0.29) is 0 Å². The normalized spacial score (nSPS) is 23.3. The summed E-state index contributed by atoms with van der Waals surface area (Å²) in [5.74, 6) is 1.30. The maximum Gasteiger partial charge on any atom is 0.0116 e. The van der Waals surface area contributed by atoms with Crippen molar-refractivity contribution in [3.8, 4) is 0 Å². The molecule has 1 rings (SSSR count). The number of hydrogen-bond acceptors (Lipinski definition) is 3. The third-order valence-electron chi connectivity index (χ3n) is 3.72. The molecule has 0 bridgehead atoms. The highest BCUT2D eigenvalue weighted by atomic mass is 32.2. The molecule has 0 aliphatic carbocycles. The lowest BCUT2D eigenvalue weighted by Gasteiger charge is -2.28. The monoisotopic (exact) mass is 258 g/mol. The quantitative estimate of drug-likeness (QED) is 0.737. The Balaban J connectivity index is 2.24. The molecule has 1 N–H and O–H groups in total. The van der Waals surface area contributed by atoms with Gasteiger partial charge in [-0.05, 0) is 45.8 Å². The highest BCUT2D eigenvalue weighted by molar-refractivity contribution is 8.00. The van der Waals surface area contributed by atoms with Crippen LogP contribution >= 0.6 is 11.8 Å². The molecule has 1 aliphatic rings. The summed E-state index contributed by atoms with van der Waals surface area (Å²) in [5.41, 5.74) is 0. The fraction of sp³-hybridized carbons (Fsp3) is 1.00. The standard InChI is InChI=1S/C14H30N2S/c1-5-15-9-6-7-13(2)16-10-8-14(3,4)17-12-11-16/h13,15H,5-12H2,1-4H3. The number of hydrogen-bond donors (Lipinski definition) is 1. The molecule has 0 saturated carbocycles. The van der Waals surface area contributed by atoms with Gasteiger partial charge in [-0.3, -0.25) is 4.90 Å². The zero-order valence-corrected chi connectivity index (χ0v) is 12.9. The third kappa shape index (κ3) is 6.12. The lowest BCUT2D eigenvalue weighted by molar-refractivity contribution is 0.206. The molecule has 0 aromatic heterocycles. The average Bonchev–Trinajstić information content (AvgIpc) is 2.45. The second-order valence-corrected chi connectivity index (χ2v) is 7.54. The molecule has 102 valence electrons.